The van der Waals surface area contributed by atoms with Gasteiger partial charge in [-0.05, 0) is 39.0 Å². The molecule has 1 fully saturated rings. The van der Waals surface area contributed by atoms with Crippen LogP contribution in [0.3, 0.4) is 0 Å². The molecule has 2 unspecified atom stereocenters. The summed E-state index contributed by atoms with van der Waals surface area (Å²) in [6.07, 6.45) is 3.02. The van der Waals surface area contributed by atoms with Crippen LogP contribution >= 0.6 is 24.0 Å². The summed E-state index contributed by atoms with van der Waals surface area (Å²) in [5.41, 5.74) is 0. The molecule has 0 aliphatic heterocycles. The topological polar surface area (TPSA) is 74.8 Å². The van der Waals surface area contributed by atoms with Crippen LogP contribution in [0.2, 0.25) is 0 Å². The lowest BCUT2D eigenvalue weighted by Crippen LogP contribution is -2.49. The number of rotatable bonds is 7. The number of ether oxygens (including phenoxy) is 1. The van der Waals surface area contributed by atoms with E-state index in [-0.39, 0.29) is 36.1 Å². The van der Waals surface area contributed by atoms with Gasteiger partial charge in [0.05, 0.1) is 12.6 Å². The SMILES string of the molecule is CCOC(=O)NC(CNC(=NC)NC(C)CC)C1CC1.I. The quantitative estimate of drug-likeness (QED) is 0.340. The van der Waals surface area contributed by atoms with Gasteiger partial charge in [0.25, 0.3) is 0 Å². The Morgan fingerprint density at radius 3 is 2.48 bits per heavy atom. The van der Waals surface area contributed by atoms with Crippen LogP contribution in [-0.2, 0) is 4.74 Å². The number of carbonyl (C=O) groups is 1. The van der Waals surface area contributed by atoms with Crippen molar-refractivity contribution in [2.75, 3.05) is 20.2 Å². The molecule has 0 aromatic carbocycles. The van der Waals surface area contributed by atoms with Crippen LogP contribution in [0.15, 0.2) is 4.99 Å². The molecule has 1 saturated carbocycles. The van der Waals surface area contributed by atoms with Crippen molar-refractivity contribution in [3.63, 3.8) is 0 Å². The van der Waals surface area contributed by atoms with Crippen LogP contribution in [-0.4, -0.2) is 44.3 Å². The van der Waals surface area contributed by atoms with Gasteiger partial charge in [0.1, 0.15) is 0 Å². The van der Waals surface area contributed by atoms with E-state index in [1.807, 2.05) is 6.92 Å². The molecule has 1 aliphatic carbocycles. The van der Waals surface area contributed by atoms with Crippen LogP contribution in [0.25, 0.3) is 0 Å². The molecule has 0 radical (unpaired) electrons. The van der Waals surface area contributed by atoms with Crippen LogP contribution in [0, 0.1) is 5.92 Å². The highest BCUT2D eigenvalue weighted by Gasteiger charge is 2.32. The number of alkyl carbamates (subject to hydrolysis) is 1. The fraction of sp³-hybridized carbons (Fsp3) is 0.857. The summed E-state index contributed by atoms with van der Waals surface area (Å²) in [5, 5.41) is 9.50. The maximum atomic E-state index is 11.5. The Balaban J connectivity index is 0.00000400. The molecule has 3 N–H and O–H groups in total. The molecule has 0 bridgehead atoms. The number of halogens is 1. The van der Waals surface area contributed by atoms with E-state index in [0.29, 0.717) is 25.1 Å². The average Bonchev–Trinajstić information content (AvgIpc) is 3.26. The first-order valence-electron chi connectivity index (χ1n) is 7.51. The molecule has 0 heterocycles. The third-order valence-electron chi connectivity index (χ3n) is 3.48. The summed E-state index contributed by atoms with van der Waals surface area (Å²) in [4.78, 5) is 15.7. The van der Waals surface area contributed by atoms with Gasteiger partial charge in [0.15, 0.2) is 5.96 Å². The van der Waals surface area contributed by atoms with E-state index in [9.17, 15) is 4.79 Å². The van der Waals surface area contributed by atoms with Gasteiger partial charge in [-0.15, -0.1) is 24.0 Å². The van der Waals surface area contributed by atoms with Crippen molar-refractivity contribution >= 4 is 36.0 Å². The Morgan fingerprint density at radius 2 is 2.00 bits per heavy atom. The van der Waals surface area contributed by atoms with Crippen molar-refractivity contribution in [1.29, 1.82) is 0 Å². The van der Waals surface area contributed by atoms with E-state index in [1.165, 1.54) is 0 Å². The number of amides is 1. The van der Waals surface area contributed by atoms with E-state index in [4.69, 9.17) is 4.74 Å². The van der Waals surface area contributed by atoms with Crippen molar-refractivity contribution in [1.82, 2.24) is 16.0 Å². The van der Waals surface area contributed by atoms with E-state index in [2.05, 4.69) is 34.8 Å². The van der Waals surface area contributed by atoms with E-state index >= 15 is 0 Å². The minimum atomic E-state index is -0.337. The Bertz CT molecular complexity index is 335. The third kappa shape index (κ3) is 8.33. The van der Waals surface area contributed by atoms with Crippen LogP contribution in [0.4, 0.5) is 4.79 Å². The lowest BCUT2D eigenvalue weighted by Gasteiger charge is -2.21. The summed E-state index contributed by atoms with van der Waals surface area (Å²) < 4.78 is 4.94. The van der Waals surface area contributed by atoms with Gasteiger partial charge in [-0.2, -0.15) is 0 Å². The Morgan fingerprint density at radius 1 is 1.33 bits per heavy atom. The molecule has 7 heteroatoms. The summed E-state index contributed by atoms with van der Waals surface area (Å²) in [6, 6.07) is 0.475. The zero-order valence-electron chi connectivity index (χ0n) is 13.4. The number of aliphatic imine (C=N–C) groups is 1. The lowest BCUT2D eigenvalue weighted by molar-refractivity contribution is 0.146. The zero-order chi connectivity index (χ0) is 15.0. The molecule has 2 atom stereocenters. The molecule has 1 rings (SSSR count). The standard InChI is InChI=1S/C14H28N4O2.HI/c1-5-10(3)17-13(15-4)16-9-12(11-7-8-11)18-14(19)20-6-2;/h10-12H,5-9H2,1-4H3,(H,18,19)(H2,15,16,17);1H. The predicted molar refractivity (Wildman–Crippen MR) is 96.3 cm³/mol. The number of hydrogen-bond donors (Lipinski definition) is 3. The second-order valence-corrected chi connectivity index (χ2v) is 5.22. The van der Waals surface area contributed by atoms with Gasteiger partial charge in [0.2, 0.25) is 0 Å². The van der Waals surface area contributed by atoms with Crippen LogP contribution in [0.5, 0.6) is 0 Å². The fourth-order valence-corrected chi connectivity index (χ4v) is 1.90. The maximum Gasteiger partial charge on any atom is 0.407 e. The monoisotopic (exact) mass is 412 g/mol. The van der Waals surface area contributed by atoms with E-state index in [1.54, 1.807) is 7.05 Å². The number of guanidine groups is 1. The number of carbonyl (C=O) groups excluding carboxylic acids is 1. The Kier molecular flexibility index (Phi) is 10.5. The second kappa shape index (κ2) is 10.9. The van der Waals surface area contributed by atoms with Crippen molar-refractivity contribution in [3.05, 3.63) is 0 Å². The van der Waals surface area contributed by atoms with E-state index in [0.717, 1.165) is 25.2 Å². The minimum absolute atomic E-state index is 0. The second-order valence-electron chi connectivity index (χ2n) is 5.22. The molecule has 0 saturated heterocycles. The molecule has 6 nitrogen and oxygen atoms in total. The highest BCUT2D eigenvalue weighted by atomic mass is 127. The molecule has 0 aromatic heterocycles. The van der Waals surface area contributed by atoms with Gasteiger partial charge >= 0.3 is 6.09 Å². The molecule has 0 aromatic rings. The first-order valence-corrected chi connectivity index (χ1v) is 7.51. The summed E-state index contributed by atoms with van der Waals surface area (Å²) >= 11 is 0. The summed E-state index contributed by atoms with van der Waals surface area (Å²) in [6.45, 7) is 7.11. The molecule has 1 aliphatic rings. The normalized spacial score (nSPS) is 17.2. The third-order valence-corrected chi connectivity index (χ3v) is 3.48. The fourth-order valence-electron chi connectivity index (χ4n) is 1.90. The molecule has 124 valence electrons. The number of nitrogens with zero attached hydrogens (tertiary/aromatic N) is 1. The average molecular weight is 412 g/mol. The Hall–Kier alpha value is -0.730. The molecular weight excluding hydrogens is 383 g/mol. The zero-order valence-corrected chi connectivity index (χ0v) is 15.8. The van der Waals surface area contributed by atoms with Gasteiger partial charge in [-0.1, -0.05) is 6.92 Å². The number of nitrogens with one attached hydrogen (secondary N) is 3. The highest BCUT2D eigenvalue weighted by Crippen LogP contribution is 2.32. The number of hydrogen-bond acceptors (Lipinski definition) is 3. The predicted octanol–water partition coefficient (Wildman–Crippen LogP) is 2.09. The smallest absolute Gasteiger partial charge is 0.407 e. The Labute approximate surface area is 144 Å². The summed E-state index contributed by atoms with van der Waals surface area (Å²) in [7, 11) is 1.75. The summed E-state index contributed by atoms with van der Waals surface area (Å²) in [5.74, 6) is 1.32. The maximum absolute atomic E-state index is 11.5. The van der Waals surface area contributed by atoms with Gasteiger partial charge in [-0.25, -0.2) is 4.79 Å². The molecule has 1 amide bonds. The van der Waals surface area contributed by atoms with Gasteiger partial charge in [-0.3, -0.25) is 4.99 Å². The highest BCUT2D eigenvalue weighted by molar-refractivity contribution is 14.0. The van der Waals surface area contributed by atoms with Crippen molar-refractivity contribution < 1.29 is 9.53 Å². The van der Waals surface area contributed by atoms with Crippen molar-refractivity contribution in [3.8, 4) is 0 Å². The van der Waals surface area contributed by atoms with Gasteiger partial charge < -0.3 is 20.7 Å². The van der Waals surface area contributed by atoms with Crippen molar-refractivity contribution in [2.24, 2.45) is 10.9 Å². The van der Waals surface area contributed by atoms with E-state index < -0.39 is 0 Å². The van der Waals surface area contributed by atoms with Crippen LogP contribution in [0.1, 0.15) is 40.0 Å². The molecular formula is C14H29IN4O2. The molecule has 0 spiro atoms. The minimum Gasteiger partial charge on any atom is -0.450 e. The molecule has 21 heavy (non-hydrogen) atoms. The van der Waals surface area contributed by atoms with Crippen molar-refractivity contribution in [2.45, 2.75) is 52.1 Å². The van der Waals surface area contributed by atoms with Gasteiger partial charge in [0, 0.05) is 19.6 Å². The van der Waals surface area contributed by atoms with Crippen LogP contribution < -0.4 is 16.0 Å². The largest absolute Gasteiger partial charge is 0.450 e. The lowest BCUT2D eigenvalue weighted by atomic mass is 10.2. The first kappa shape index (κ1) is 20.3. The first-order chi connectivity index (χ1) is 9.60.